The van der Waals surface area contributed by atoms with Crippen molar-refractivity contribution >= 4 is 45.2 Å². The van der Waals surface area contributed by atoms with Crippen LogP contribution in [0.3, 0.4) is 0 Å². The smallest absolute Gasteiger partial charge is 0.322 e. The summed E-state index contributed by atoms with van der Waals surface area (Å²) in [6.45, 7) is 0.974. The summed E-state index contributed by atoms with van der Waals surface area (Å²) in [6, 6.07) is 4.83. The van der Waals surface area contributed by atoms with Crippen molar-refractivity contribution in [1.82, 2.24) is 4.90 Å². The third-order valence-corrected chi connectivity index (χ3v) is 3.81. The number of aliphatic carboxylic acids is 1. The van der Waals surface area contributed by atoms with E-state index in [2.05, 4.69) is 21.2 Å². The highest BCUT2D eigenvalue weighted by Crippen LogP contribution is 2.26. The third-order valence-electron chi connectivity index (χ3n) is 3.00. The van der Waals surface area contributed by atoms with Crippen molar-refractivity contribution in [3.63, 3.8) is 0 Å². The van der Waals surface area contributed by atoms with Crippen molar-refractivity contribution in [2.75, 3.05) is 25.0 Å². The first-order valence-corrected chi connectivity index (χ1v) is 7.47. The number of amides is 2. The van der Waals surface area contributed by atoms with E-state index >= 15 is 0 Å². The maximum Gasteiger partial charge on any atom is 0.322 e. The van der Waals surface area contributed by atoms with Crippen LogP contribution in [0.2, 0.25) is 5.02 Å². The molecule has 1 aromatic carbocycles. The van der Waals surface area contributed by atoms with Crippen LogP contribution in [-0.4, -0.2) is 47.8 Å². The number of halogens is 2. The number of anilines is 1. The van der Waals surface area contributed by atoms with Crippen LogP contribution < -0.4 is 5.32 Å². The van der Waals surface area contributed by atoms with Crippen molar-refractivity contribution in [3.05, 3.63) is 27.7 Å². The van der Waals surface area contributed by atoms with Crippen molar-refractivity contribution in [1.29, 1.82) is 0 Å². The highest BCUT2D eigenvalue weighted by atomic mass is 79.9. The molecule has 2 amide bonds. The van der Waals surface area contributed by atoms with Crippen LogP contribution in [0, 0.1) is 0 Å². The molecular formula is C13H14BrClN2O4. The zero-order valence-corrected chi connectivity index (χ0v) is 13.4. The Hall–Kier alpha value is -1.31. The number of rotatable bonds is 3. The molecule has 6 nitrogen and oxygen atoms in total. The highest BCUT2D eigenvalue weighted by Gasteiger charge is 2.26. The number of nitrogens with zero attached hydrogens (tertiary/aromatic N) is 1. The monoisotopic (exact) mass is 376 g/mol. The third kappa shape index (κ3) is 4.59. The van der Waals surface area contributed by atoms with E-state index in [1.165, 1.54) is 4.90 Å². The Kier molecular flexibility index (Phi) is 5.44. The first kappa shape index (κ1) is 16.1. The van der Waals surface area contributed by atoms with Crippen LogP contribution in [-0.2, 0) is 9.53 Å². The van der Waals surface area contributed by atoms with Crippen LogP contribution in [0.15, 0.2) is 22.7 Å². The minimum Gasteiger partial charge on any atom is -0.481 e. The van der Waals surface area contributed by atoms with Crippen LogP contribution >= 0.6 is 27.5 Å². The van der Waals surface area contributed by atoms with Gasteiger partial charge in [-0.2, -0.15) is 0 Å². The topological polar surface area (TPSA) is 78.9 Å². The number of hydrogen-bond acceptors (Lipinski definition) is 3. The second-order valence-electron chi connectivity index (χ2n) is 4.59. The average Bonchev–Trinajstić information content (AvgIpc) is 2.41. The van der Waals surface area contributed by atoms with Crippen molar-refractivity contribution < 1.29 is 19.4 Å². The second-order valence-corrected chi connectivity index (χ2v) is 5.91. The molecule has 1 atom stereocenters. The molecule has 1 aliphatic rings. The fourth-order valence-electron chi connectivity index (χ4n) is 2.01. The highest BCUT2D eigenvalue weighted by molar-refractivity contribution is 9.10. The van der Waals surface area contributed by atoms with E-state index in [-0.39, 0.29) is 19.0 Å². The number of carbonyl (C=O) groups is 2. The number of carbonyl (C=O) groups excluding carboxylic acids is 1. The lowest BCUT2D eigenvalue weighted by Gasteiger charge is -2.32. The first-order chi connectivity index (χ1) is 9.95. The molecule has 2 N–H and O–H groups in total. The molecule has 0 aliphatic carbocycles. The minimum atomic E-state index is -0.946. The Bertz CT molecular complexity index is 555. The summed E-state index contributed by atoms with van der Waals surface area (Å²) in [7, 11) is 0. The Morgan fingerprint density at radius 3 is 2.95 bits per heavy atom. The molecule has 0 aromatic heterocycles. The number of urea groups is 1. The number of carboxylic acid groups (broad SMARTS) is 1. The fourth-order valence-corrected chi connectivity index (χ4v) is 2.73. The molecular weight excluding hydrogens is 364 g/mol. The van der Waals surface area contributed by atoms with E-state index in [0.717, 1.165) is 4.47 Å². The molecule has 0 spiro atoms. The van der Waals surface area contributed by atoms with Crippen molar-refractivity contribution in [2.45, 2.75) is 12.5 Å². The fraction of sp³-hybridized carbons (Fsp3) is 0.385. The Morgan fingerprint density at radius 2 is 2.29 bits per heavy atom. The molecule has 1 saturated heterocycles. The van der Waals surface area contributed by atoms with Gasteiger partial charge in [0.15, 0.2) is 0 Å². The molecule has 2 rings (SSSR count). The summed E-state index contributed by atoms with van der Waals surface area (Å²) >= 11 is 9.33. The normalized spacial score (nSPS) is 18.4. The predicted octanol–water partition coefficient (Wildman–Crippen LogP) is 2.81. The van der Waals surface area contributed by atoms with E-state index in [0.29, 0.717) is 23.9 Å². The molecule has 114 valence electrons. The summed E-state index contributed by atoms with van der Waals surface area (Å²) in [5, 5.41) is 11.9. The van der Waals surface area contributed by atoms with E-state index in [1.54, 1.807) is 18.2 Å². The largest absolute Gasteiger partial charge is 0.481 e. The van der Waals surface area contributed by atoms with E-state index in [9.17, 15) is 9.59 Å². The van der Waals surface area contributed by atoms with Gasteiger partial charge in [-0.15, -0.1) is 0 Å². The summed E-state index contributed by atoms with van der Waals surface area (Å²) < 4.78 is 6.14. The van der Waals surface area contributed by atoms with Crippen molar-refractivity contribution in [3.8, 4) is 0 Å². The second kappa shape index (κ2) is 7.11. The lowest BCUT2D eigenvalue weighted by atomic mass is 10.2. The molecule has 1 fully saturated rings. The standard InChI is InChI=1S/C13H14BrClN2O4/c14-8-1-2-11(10(15)5-8)16-13(20)17-3-4-21-9(7-17)6-12(18)19/h1-2,5,9H,3-4,6-7H2,(H,16,20)(H,18,19). The van der Waals surface area contributed by atoms with Crippen molar-refractivity contribution in [2.24, 2.45) is 0 Å². The number of morpholine rings is 1. The number of hydrogen-bond donors (Lipinski definition) is 2. The van der Waals surface area contributed by atoms with Gasteiger partial charge >= 0.3 is 12.0 Å². The maximum absolute atomic E-state index is 12.2. The van der Waals surface area contributed by atoms with Gasteiger partial charge in [-0.3, -0.25) is 4.79 Å². The molecule has 0 radical (unpaired) electrons. The molecule has 0 saturated carbocycles. The average molecular weight is 378 g/mol. The summed E-state index contributed by atoms with van der Waals surface area (Å²) in [5.41, 5.74) is 0.506. The van der Waals surface area contributed by atoms with E-state index in [4.69, 9.17) is 21.4 Å². The molecule has 1 aromatic rings. The first-order valence-electron chi connectivity index (χ1n) is 6.30. The number of ether oxygens (including phenoxy) is 1. The molecule has 1 aliphatic heterocycles. The minimum absolute atomic E-state index is 0.122. The van der Waals surface area contributed by atoms with Crippen LogP contribution in [0.4, 0.5) is 10.5 Å². The molecule has 0 bridgehead atoms. The van der Waals surface area contributed by atoms with Gasteiger partial charge in [0.1, 0.15) is 0 Å². The summed E-state index contributed by atoms with van der Waals surface area (Å²) in [5.74, 6) is -0.946. The molecule has 21 heavy (non-hydrogen) atoms. The lowest BCUT2D eigenvalue weighted by molar-refractivity contribution is -0.141. The zero-order chi connectivity index (χ0) is 15.4. The number of nitrogens with one attached hydrogen (secondary N) is 1. The van der Waals surface area contributed by atoms with E-state index in [1.807, 2.05) is 0 Å². The van der Waals surface area contributed by atoms with Gasteiger partial charge in [0, 0.05) is 17.6 Å². The molecule has 1 heterocycles. The van der Waals surface area contributed by atoms with Gasteiger partial charge in [0.2, 0.25) is 0 Å². The Balaban J connectivity index is 1.97. The van der Waals surface area contributed by atoms with Gasteiger partial charge < -0.3 is 20.1 Å². The Morgan fingerprint density at radius 1 is 1.52 bits per heavy atom. The number of benzene rings is 1. The van der Waals surface area contributed by atoms with Crippen LogP contribution in [0.1, 0.15) is 6.42 Å². The summed E-state index contributed by atoms with van der Waals surface area (Å²) in [6.07, 6.45) is -0.606. The molecule has 8 heteroatoms. The quantitative estimate of drug-likeness (QED) is 0.849. The van der Waals surface area contributed by atoms with Gasteiger partial charge in [-0.1, -0.05) is 27.5 Å². The van der Waals surface area contributed by atoms with Crippen LogP contribution in [0.25, 0.3) is 0 Å². The predicted molar refractivity (Wildman–Crippen MR) is 81.7 cm³/mol. The SMILES string of the molecule is O=C(O)CC1CN(C(=O)Nc2ccc(Br)cc2Cl)CCO1. The van der Waals surface area contributed by atoms with Gasteiger partial charge in [0.25, 0.3) is 0 Å². The van der Waals surface area contributed by atoms with Gasteiger partial charge in [-0.05, 0) is 18.2 Å². The molecule has 1 unspecified atom stereocenters. The van der Waals surface area contributed by atoms with Gasteiger partial charge in [-0.25, -0.2) is 4.79 Å². The van der Waals surface area contributed by atoms with E-state index < -0.39 is 12.1 Å². The number of carboxylic acids is 1. The maximum atomic E-state index is 12.2. The van der Waals surface area contributed by atoms with Gasteiger partial charge in [0.05, 0.1) is 29.8 Å². The Labute approximate surface area is 135 Å². The zero-order valence-electron chi connectivity index (χ0n) is 11.0. The summed E-state index contributed by atoms with van der Waals surface area (Å²) in [4.78, 5) is 24.4. The lowest BCUT2D eigenvalue weighted by Crippen LogP contribution is -2.47. The van der Waals surface area contributed by atoms with Crippen LogP contribution in [0.5, 0.6) is 0 Å².